The number of benzene rings is 1. The summed E-state index contributed by atoms with van der Waals surface area (Å²) in [5.41, 5.74) is -0.0742. The molecule has 2 heterocycles. The fourth-order valence-corrected chi connectivity index (χ4v) is 5.28. The molecule has 4 rings (SSSR count). The minimum absolute atomic E-state index is 0.0150. The number of carbonyl (C=O) groups is 1. The molecule has 3 N–H and O–H groups in total. The van der Waals surface area contributed by atoms with Gasteiger partial charge in [-0.15, -0.1) is 0 Å². The molecule has 0 bridgehead atoms. The van der Waals surface area contributed by atoms with Gasteiger partial charge in [0, 0.05) is 34.6 Å². The Labute approximate surface area is 225 Å². The summed E-state index contributed by atoms with van der Waals surface area (Å²) < 4.78 is 49.4. The molecular weight excluding hydrogens is 537 g/mol. The second kappa shape index (κ2) is 10.4. The summed E-state index contributed by atoms with van der Waals surface area (Å²) in [6.45, 7) is 7.23. The van der Waals surface area contributed by atoms with Crippen LogP contribution in [0.4, 0.5) is 20.8 Å². The van der Waals surface area contributed by atoms with Crippen molar-refractivity contribution in [2.45, 2.75) is 57.5 Å². The number of nitrogens with one attached hydrogen (secondary N) is 3. The van der Waals surface area contributed by atoms with E-state index in [1.165, 1.54) is 25.4 Å². The lowest BCUT2D eigenvalue weighted by atomic mass is 10.0. The normalized spacial score (nSPS) is 13.9. The van der Waals surface area contributed by atoms with Crippen LogP contribution in [0.5, 0.6) is 0 Å². The lowest BCUT2D eigenvalue weighted by Gasteiger charge is -2.26. The number of ether oxygens (including phenoxy) is 1. The van der Waals surface area contributed by atoms with E-state index < -0.39 is 32.8 Å². The van der Waals surface area contributed by atoms with E-state index in [-0.39, 0.29) is 34.0 Å². The maximum absolute atomic E-state index is 15.8. The summed E-state index contributed by atoms with van der Waals surface area (Å²) in [5, 5.41) is 9.84. The molecule has 0 aliphatic heterocycles. The molecule has 11 nitrogen and oxygen atoms in total. The summed E-state index contributed by atoms with van der Waals surface area (Å²) in [7, 11) is -2.47. The van der Waals surface area contributed by atoms with E-state index >= 15 is 4.39 Å². The number of methoxy groups -OCH3 is 1. The molecule has 2 aromatic heterocycles. The molecule has 1 amide bonds. The molecule has 1 fully saturated rings. The van der Waals surface area contributed by atoms with Crippen LogP contribution in [0.15, 0.2) is 30.6 Å². The van der Waals surface area contributed by atoms with Crippen LogP contribution in [-0.2, 0) is 14.8 Å². The number of rotatable bonds is 9. The first kappa shape index (κ1) is 27.6. The second-order valence-electron chi connectivity index (χ2n) is 9.76. The summed E-state index contributed by atoms with van der Waals surface area (Å²) in [5.74, 6) is -0.610. The highest BCUT2D eigenvalue weighted by Gasteiger charge is 2.36. The van der Waals surface area contributed by atoms with Crippen molar-refractivity contribution < 1.29 is 22.3 Å². The highest BCUT2D eigenvalue weighted by atomic mass is 35.5. The first-order valence-electron chi connectivity index (χ1n) is 11.9. The van der Waals surface area contributed by atoms with Gasteiger partial charge in [-0.1, -0.05) is 11.6 Å². The number of hydrogen-bond donors (Lipinski definition) is 3. The Bertz CT molecular complexity index is 1470. The van der Waals surface area contributed by atoms with Crippen molar-refractivity contribution in [2.75, 3.05) is 17.1 Å². The van der Waals surface area contributed by atoms with Crippen LogP contribution in [0.3, 0.4) is 0 Å². The van der Waals surface area contributed by atoms with Gasteiger partial charge in [0.15, 0.2) is 5.82 Å². The molecule has 0 saturated heterocycles. The SMILES string of the molecule is COC(=O)NC(C)(C)Nc1nccc(-c2cn(C(C)C)nc2-c2cc(Cl)cc(NS(=O)(=O)C3CC3)c2F)n1. The van der Waals surface area contributed by atoms with E-state index in [9.17, 15) is 13.2 Å². The van der Waals surface area contributed by atoms with Crippen molar-refractivity contribution in [1.29, 1.82) is 0 Å². The summed E-state index contributed by atoms with van der Waals surface area (Å²) in [4.78, 5) is 20.4. The van der Waals surface area contributed by atoms with E-state index in [4.69, 9.17) is 11.6 Å². The fraction of sp³-hybridized carbons (Fsp3) is 0.417. The van der Waals surface area contributed by atoms with Gasteiger partial charge >= 0.3 is 6.09 Å². The molecule has 0 unspecified atom stereocenters. The molecule has 1 aliphatic rings. The zero-order valence-electron chi connectivity index (χ0n) is 21.5. The van der Waals surface area contributed by atoms with E-state index in [1.54, 1.807) is 30.8 Å². The van der Waals surface area contributed by atoms with Crippen molar-refractivity contribution in [1.82, 2.24) is 25.1 Å². The molecule has 0 atom stereocenters. The lowest BCUT2D eigenvalue weighted by molar-refractivity contribution is 0.162. The predicted octanol–water partition coefficient (Wildman–Crippen LogP) is 4.79. The van der Waals surface area contributed by atoms with E-state index in [0.29, 0.717) is 24.1 Å². The molecule has 204 valence electrons. The Balaban J connectivity index is 1.77. The summed E-state index contributed by atoms with van der Waals surface area (Å²) in [6.07, 6.45) is 3.66. The molecule has 38 heavy (non-hydrogen) atoms. The monoisotopic (exact) mass is 565 g/mol. The first-order chi connectivity index (χ1) is 17.8. The number of alkyl carbamates (subject to hydrolysis) is 1. The standard InChI is InChI=1S/C24H29ClFN7O4S/c1-13(2)33-12-17(18-8-9-27-22(28-18)29-24(3,4)30-23(34)37-5)21(31-33)16-10-14(25)11-19(20(16)26)32-38(35,36)15-6-7-15/h8-13,15,32H,6-7H2,1-5H3,(H,30,34)(H,27,28,29). The van der Waals surface area contributed by atoms with Crippen molar-refractivity contribution >= 4 is 39.4 Å². The van der Waals surface area contributed by atoms with Crippen LogP contribution >= 0.6 is 11.6 Å². The van der Waals surface area contributed by atoms with Gasteiger partial charge in [0.05, 0.1) is 23.7 Å². The topological polar surface area (TPSA) is 140 Å². The number of nitrogens with zero attached hydrogens (tertiary/aromatic N) is 4. The van der Waals surface area contributed by atoms with Crippen molar-refractivity contribution in [2.24, 2.45) is 0 Å². The molecule has 0 spiro atoms. The molecule has 1 saturated carbocycles. The Hall–Kier alpha value is -3.45. The number of sulfonamides is 1. The third-order valence-electron chi connectivity index (χ3n) is 5.72. The third kappa shape index (κ3) is 6.16. The number of carbonyl (C=O) groups excluding carboxylic acids is 1. The molecule has 14 heteroatoms. The molecular formula is C24H29ClFN7O4S. The summed E-state index contributed by atoms with van der Waals surface area (Å²) in [6, 6.07) is 4.20. The van der Waals surface area contributed by atoms with Crippen molar-refractivity contribution in [3.05, 3.63) is 41.4 Å². The van der Waals surface area contributed by atoms with E-state index in [2.05, 4.69) is 35.2 Å². The Morgan fingerprint density at radius 1 is 1.26 bits per heavy atom. The largest absolute Gasteiger partial charge is 0.453 e. The maximum atomic E-state index is 15.8. The minimum Gasteiger partial charge on any atom is -0.453 e. The van der Waals surface area contributed by atoms with Gasteiger partial charge in [-0.05, 0) is 58.7 Å². The Morgan fingerprint density at radius 3 is 2.61 bits per heavy atom. The zero-order chi connectivity index (χ0) is 27.8. The van der Waals surface area contributed by atoms with Crippen LogP contribution in [-0.4, -0.2) is 52.3 Å². The molecule has 0 radical (unpaired) electrons. The van der Waals surface area contributed by atoms with Crippen LogP contribution in [0.25, 0.3) is 22.5 Å². The average Bonchev–Trinajstić information content (AvgIpc) is 3.60. The minimum atomic E-state index is -3.72. The maximum Gasteiger partial charge on any atom is 0.408 e. The number of halogens is 2. The number of hydrogen-bond acceptors (Lipinski definition) is 8. The van der Waals surface area contributed by atoms with E-state index in [0.717, 1.165) is 0 Å². The van der Waals surface area contributed by atoms with Gasteiger partial charge in [0.2, 0.25) is 16.0 Å². The van der Waals surface area contributed by atoms with Gasteiger partial charge < -0.3 is 10.1 Å². The van der Waals surface area contributed by atoms with Crippen LogP contribution in [0.2, 0.25) is 5.02 Å². The van der Waals surface area contributed by atoms with Crippen molar-refractivity contribution in [3.8, 4) is 22.5 Å². The fourth-order valence-electron chi connectivity index (χ4n) is 3.68. The number of amides is 1. The lowest BCUT2D eigenvalue weighted by Crippen LogP contribution is -2.49. The number of anilines is 2. The Kier molecular flexibility index (Phi) is 7.53. The van der Waals surface area contributed by atoms with Gasteiger partial charge in [0.25, 0.3) is 0 Å². The molecule has 3 aromatic rings. The van der Waals surface area contributed by atoms with E-state index in [1.807, 2.05) is 13.8 Å². The van der Waals surface area contributed by atoms with Gasteiger partial charge in [0.1, 0.15) is 11.4 Å². The van der Waals surface area contributed by atoms with Crippen molar-refractivity contribution in [3.63, 3.8) is 0 Å². The molecule has 1 aliphatic carbocycles. The Morgan fingerprint density at radius 2 is 1.97 bits per heavy atom. The van der Waals surface area contributed by atoms with Crippen LogP contribution in [0, 0.1) is 5.82 Å². The second-order valence-corrected chi connectivity index (χ2v) is 12.2. The quantitative estimate of drug-likeness (QED) is 0.315. The third-order valence-corrected chi connectivity index (χ3v) is 7.80. The van der Waals surface area contributed by atoms with Gasteiger partial charge in [-0.2, -0.15) is 5.10 Å². The highest BCUT2D eigenvalue weighted by molar-refractivity contribution is 7.93. The smallest absolute Gasteiger partial charge is 0.408 e. The predicted molar refractivity (Wildman–Crippen MR) is 143 cm³/mol. The van der Waals surface area contributed by atoms with Gasteiger partial charge in [-0.25, -0.2) is 27.6 Å². The van der Waals surface area contributed by atoms with Crippen LogP contribution in [0.1, 0.15) is 46.6 Å². The zero-order valence-corrected chi connectivity index (χ0v) is 23.1. The summed E-state index contributed by atoms with van der Waals surface area (Å²) >= 11 is 6.30. The van der Waals surface area contributed by atoms with Gasteiger partial charge in [-0.3, -0.25) is 14.7 Å². The number of aromatic nitrogens is 4. The van der Waals surface area contributed by atoms with Crippen LogP contribution < -0.4 is 15.4 Å². The molecule has 1 aromatic carbocycles. The highest BCUT2D eigenvalue weighted by Crippen LogP contribution is 2.38. The average molecular weight is 566 g/mol. The first-order valence-corrected chi connectivity index (χ1v) is 13.8.